The molecule has 0 saturated carbocycles. The number of carboxylic acid groups (broad SMARTS) is 1. The normalized spacial score (nSPS) is 11.1. The van der Waals surface area contributed by atoms with E-state index in [1.54, 1.807) is 32.9 Å². The SMILES string of the molecule is COc1ccc(C)cc1C(=O)N(CC(=O)O)C(C)(C)C. The maximum Gasteiger partial charge on any atom is 0.323 e. The zero-order valence-electron chi connectivity index (χ0n) is 12.6. The van der Waals surface area contributed by atoms with E-state index < -0.39 is 11.5 Å². The number of benzene rings is 1. The molecule has 0 aliphatic rings. The molecule has 0 aromatic heterocycles. The first-order valence-corrected chi connectivity index (χ1v) is 6.35. The molecule has 20 heavy (non-hydrogen) atoms. The number of carbonyl (C=O) groups excluding carboxylic acids is 1. The highest BCUT2D eigenvalue weighted by atomic mass is 16.5. The zero-order chi connectivity index (χ0) is 15.5. The molecule has 1 rings (SSSR count). The fourth-order valence-electron chi connectivity index (χ4n) is 1.88. The molecule has 1 aromatic carbocycles. The monoisotopic (exact) mass is 279 g/mol. The summed E-state index contributed by atoms with van der Waals surface area (Å²) in [6.07, 6.45) is 0. The predicted octanol–water partition coefficient (Wildman–Crippen LogP) is 2.33. The molecule has 0 unspecified atom stereocenters. The number of methoxy groups -OCH3 is 1. The lowest BCUT2D eigenvalue weighted by atomic mass is 10.0. The second-order valence-corrected chi connectivity index (χ2v) is 5.66. The van der Waals surface area contributed by atoms with Crippen LogP contribution in [-0.4, -0.2) is 41.1 Å². The van der Waals surface area contributed by atoms with Crippen molar-refractivity contribution in [2.45, 2.75) is 33.2 Å². The Hall–Kier alpha value is -2.04. The van der Waals surface area contributed by atoms with Crippen LogP contribution in [0.3, 0.4) is 0 Å². The van der Waals surface area contributed by atoms with Gasteiger partial charge in [-0.25, -0.2) is 0 Å². The average molecular weight is 279 g/mol. The fraction of sp³-hybridized carbons (Fsp3) is 0.467. The summed E-state index contributed by atoms with van der Waals surface area (Å²) in [4.78, 5) is 25.0. The summed E-state index contributed by atoms with van der Waals surface area (Å²) in [5.41, 5.74) is 0.701. The molecule has 1 amide bonds. The molecule has 0 saturated heterocycles. The van der Waals surface area contributed by atoms with E-state index in [1.807, 2.05) is 13.0 Å². The third-order valence-corrected chi connectivity index (χ3v) is 2.93. The minimum Gasteiger partial charge on any atom is -0.496 e. The quantitative estimate of drug-likeness (QED) is 0.918. The molecule has 1 aromatic rings. The summed E-state index contributed by atoms with van der Waals surface area (Å²) in [6, 6.07) is 5.26. The second kappa shape index (κ2) is 5.94. The van der Waals surface area contributed by atoms with Gasteiger partial charge in [-0.15, -0.1) is 0 Å². The zero-order valence-corrected chi connectivity index (χ0v) is 12.6. The summed E-state index contributed by atoms with van der Waals surface area (Å²) in [5.74, 6) is -0.944. The number of aryl methyl sites for hydroxylation is 1. The summed E-state index contributed by atoms with van der Waals surface area (Å²) < 4.78 is 5.19. The van der Waals surface area contributed by atoms with Gasteiger partial charge in [0.25, 0.3) is 5.91 Å². The first-order chi connectivity index (χ1) is 9.16. The standard InChI is InChI=1S/C15H21NO4/c1-10-6-7-12(20-5)11(8-10)14(19)16(9-13(17)18)15(2,3)4/h6-8H,9H2,1-5H3,(H,17,18). The third-order valence-electron chi connectivity index (χ3n) is 2.93. The third kappa shape index (κ3) is 3.73. The van der Waals surface area contributed by atoms with Crippen molar-refractivity contribution in [3.63, 3.8) is 0 Å². The molecule has 5 nitrogen and oxygen atoms in total. The molecule has 0 fully saturated rings. The van der Waals surface area contributed by atoms with Crippen LogP contribution in [0, 0.1) is 6.92 Å². The van der Waals surface area contributed by atoms with Gasteiger partial charge in [-0.05, 0) is 39.8 Å². The van der Waals surface area contributed by atoms with E-state index in [0.717, 1.165) is 5.56 Å². The predicted molar refractivity (Wildman–Crippen MR) is 76.2 cm³/mol. The number of hydrogen-bond acceptors (Lipinski definition) is 3. The summed E-state index contributed by atoms with van der Waals surface area (Å²) in [6.45, 7) is 6.93. The first kappa shape index (κ1) is 16.0. The number of aliphatic carboxylic acids is 1. The van der Waals surface area contributed by atoms with Crippen molar-refractivity contribution in [3.05, 3.63) is 29.3 Å². The maximum atomic E-state index is 12.6. The van der Waals surface area contributed by atoms with Crippen LogP contribution in [0.25, 0.3) is 0 Å². The highest BCUT2D eigenvalue weighted by molar-refractivity contribution is 5.99. The van der Waals surface area contributed by atoms with Crippen LogP contribution in [0.5, 0.6) is 5.75 Å². The van der Waals surface area contributed by atoms with Gasteiger partial charge in [-0.1, -0.05) is 11.6 Å². The Morgan fingerprint density at radius 3 is 2.35 bits per heavy atom. The van der Waals surface area contributed by atoms with E-state index in [-0.39, 0.29) is 12.5 Å². The van der Waals surface area contributed by atoms with E-state index in [0.29, 0.717) is 11.3 Å². The van der Waals surface area contributed by atoms with E-state index in [1.165, 1.54) is 12.0 Å². The molecule has 0 bridgehead atoms. The second-order valence-electron chi connectivity index (χ2n) is 5.66. The van der Waals surface area contributed by atoms with Crippen molar-refractivity contribution in [3.8, 4) is 5.75 Å². The van der Waals surface area contributed by atoms with Crippen LogP contribution in [0.15, 0.2) is 18.2 Å². The highest BCUT2D eigenvalue weighted by Crippen LogP contribution is 2.24. The lowest BCUT2D eigenvalue weighted by Gasteiger charge is -2.34. The number of ether oxygens (including phenoxy) is 1. The van der Waals surface area contributed by atoms with Gasteiger partial charge in [-0.2, -0.15) is 0 Å². The molecule has 0 atom stereocenters. The Kier molecular flexibility index (Phi) is 4.76. The topological polar surface area (TPSA) is 66.8 Å². The Morgan fingerprint density at radius 2 is 1.90 bits per heavy atom. The molecule has 1 N–H and O–H groups in total. The number of carboxylic acids is 1. The number of carbonyl (C=O) groups is 2. The van der Waals surface area contributed by atoms with Crippen molar-refractivity contribution in [2.75, 3.05) is 13.7 Å². The van der Waals surface area contributed by atoms with Crippen molar-refractivity contribution in [1.29, 1.82) is 0 Å². The van der Waals surface area contributed by atoms with Crippen LogP contribution in [0.1, 0.15) is 36.7 Å². The van der Waals surface area contributed by atoms with Gasteiger partial charge in [-0.3, -0.25) is 9.59 Å². The molecule has 0 radical (unpaired) electrons. The highest BCUT2D eigenvalue weighted by Gasteiger charge is 2.30. The molecular weight excluding hydrogens is 258 g/mol. The Labute approximate surface area is 119 Å². The minimum atomic E-state index is -1.04. The lowest BCUT2D eigenvalue weighted by Crippen LogP contribution is -2.48. The van der Waals surface area contributed by atoms with E-state index >= 15 is 0 Å². The fourth-order valence-corrected chi connectivity index (χ4v) is 1.88. The molecule has 5 heteroatoms. The van der Waals surface area contributed by atoms with Crippen LogP contribution >= 0.6 is 0 Å². The van der Waals surface area contributed by atoms with Gasteiger partial charge in [0.05, 0.1) is 12.7 Å². The van der Waals surface area contributed by atoms with Crippen LogP contribution in [0.2, 0.25) is 0 Å². The molecule has 0 spiro atoms. The van der Waals surface area contributed by atoms with Crippen molar-refractivity contribution in [2.24, 2.45) is 0 Å². The number of rotatable bonds is 4. The summed E-state index contributed by atoms with van der Waals surface area (Å²) in [5, 5.41) is 9.00. The molecule has 0 aliphatic heterocycles. The Morgan fingerprint density at radius 1 is 1.30 bits per heavy atom. The minimum absolute atomic E-state index is 0.347. The van der Waals surface area contributed by atoms with E-state index in [4.69, 9.17) is 9.84 Å². The number of nitrogens with zero attached hydrogens (tertiary/aromatic N) is 1. The van der Waals surface area contributed by atoms with Crippen LogP contribution in [0.4, 0.5) is 0 Å². The Balaban J connectivity index is 3.25. The van der Waals surface area contributed by atoms with Gasteiger partial charge in [0, 0.05) is 5.54 Å². The summed E-state index contributed by atoms with van der Waals surface area (Å²) >= 11 is 0. The summed E-state index contributed by atoms with van der Waals surface area (Å²) in [7, 11) is 1.49. The van der Waals surface area contributed by atoms with E-state index in [2.05, 4.69) is 0 Å². The maximum absolute atomic E-state index is 12.6. The molecular formula is C15H21NO4. The van der Waals surface area contributed by atoms with Crippen molar-refractivity contribution < 1.29 is 19.4 Å². The van der Waals surface area contributed by atoms with Crippen molar-refractivity contribution >= 4 is 11.9 Å². The van der Waals surface area contributed by atoms with Crippen molar-refractivity contribution in [1.82, 2.24) is 4.90 Å². The smallest absolute Gasteiger partial charge is 0.323 e. The molecule has 110 valence electrons. The lowest BCUT2D eigenvalue weighted by molar-refractivity contribution is -0.138. The van der Waals surface area contributed by atoms with Crippen LogP contribution in [-0.2, 0) is 4.79 Å². The van der Waals surface area contributed by atoms with Gasteiger partial charge < -0.3 is 14.7 Å². The van der Waals surface area contributed by atoms with E-state index in [9.17, 15) is 9.59 Å². The van der Waals surface area contributed by atoms with Crippen LogP contribution < -0.4 is 4.74 Å². The van der Waals surface area contributed by atoms with Gasteiger partial charge in [0.1, 0.15) is 12.3 Å². The van der Waals surface area contributed by atoms with Gasteiger partial charge in [0.15, 0.2) is 0 Å². The van der Waals surface area contributed by atoms with Gasteiger partial charge >= 0.3 is 5.97 Å². The molecule has 0 aliphatic carbocycles. The largest absolute Gasteiger partial charge is 0.496 e. The first-order valence-electron chi connectivity index (χ1n) is 6.35. The average Bonchev–Trinajstić information content (AvgIpc) is 2.33. The molecule has 0 heterocycles. The Bertz CT molecular complexity index is 517. The number of hydrogen-bond donors (Lipinski definition) is 1. The number of amides is 1. The van der Waals surface area contributed by atoms with Gasteiger partial charge in [0.2, 0.25) is 0 Å².